The molecule has 2 aromatic rings. The molecule has 2 N–H and O–H groups in total. The van der Waals surface area contributed by atoms with Gasteiger partial charge in [-0.1, -0.05) is 55.7 Å². The average molecular weight is 634 g/mol. The lowest BCUT2D eigenvalue weighted by Crippen LogP contribution is -2.40. The van der Waals surface area contributed by atoms with Gasteiger partial charge in [0.15, 0.2) is 0 Å². The van der Waals surface area contributed by atoms with Crippen molar-refractivity contribution in [3.63, 3.8) is 0 Å². The maximum absolute atomic E-state index is 13.3. The van der Waals surface area contributed by atoms with Crippen LogP contribution >= 0.6 is 0 Å². The first-order valence-electron chi connectivity index (χ1n) is 15.8. The molecule has 1 aliphatic heterocycles. The van der Waals surface area contributed by atoms with Gasteiger partial charge in [-0.15, -0.1) is 0 Å². The highest BCUT2D eigenvalue weighted by Crippen LogP contribution is 2.21. The van der Waals surface area contributed by atoms with E-state index in [1.165, 1.54) is 10.8 Å². The maximum Gasteiger partial charge on any atom is 0.412 e. The minimum atomic E-state index is -0.792. The molecule has 0 radical (unpaired) electrons. The van der Waals surface area contributed by atoms with Gasteiger partial charge in [-0.25, -0.2) is 9.78 Å². The van der Waals surface area contributed by atoms with Crippen molar-refractivity contribution in [2.24, 2.45) is 0 Å². The number of aromatic nitrogens is 2. The summed E-state index contributed by atoms with van der Waals surface area (Å²) in [5, 5.41) is 5.31. The van der Waals surface area contributed by atoms with Crippen LogP contribution in [0.5, 0.6) is 0 Å². The van der Waals surface area contributed by atoms with E-state index in [0.29, 0.717) is 61.9 Å². The van der Waals surface area contributed by atoms with Crippen LogP contribution in [0.4, 0.5) is 10.5 Å². The number of nitrogens with zero attached hydrogens (tertiary/aromatic N) is 3. The Labute approximate surface area is 268 Å². The second kappa shape index (κ2) is 16.1. The van der Waals surface area contributed by atoms with Crippen molar-refractivity contribution < 1.29 is 28.7 Å². The van der Waals surface area contributed by atoms with Gasteiger partial charge in [-0.2, -0.15) is 0 Å². The van der Waals surface area contributed by atoms with E-state index in [1.54, 1.807) is 45.1 Å². The second-order valence-corrected chi connectivity index (χ2v) is 12.2. The van der Waals surface area contributed by atoms with E-state index in [-0.39, 0.29) is 18.1 Å². The first kappa shape index (κ1) is 34.3. The van der Waals surface area contributed by atoms with Crippen LogP contribution in [0.2, 0.25) is 0 Å². The van der Waals surface area contributed by atoms with Crippen LogP contribution in [-0.2, 0) is 30.4 Å². The fourth-order valence-corrected chi connectivity index (χ4v) is 5.20. The van der Waals surface area contributed by atoms with Crippen molar-refractivity contribution >= 4 is 29.3 Å². The third-order valence-electron chi connectivity index (χ3n) is 7.49. The van der Waals surface area contributed by atoms with E-state index >= 15 is 0 Å². The van der Waals surface area contributed by atoms with Crippen LogP contribution in [0.1, 0.15) is 59.3 Å². The first-order valence-corrected chi connectivity index (χ1v) is 15.8. The molecule has 0 spiro atoms. The molecule has 1 aromatic carbocycles. The van der Waals surface area contributed by atoms with Gasteiger partial charge in [0.25, 0.3) is 5.56 Å². The Morgan fingerprint density at radius 1 is 0.935 bits per heavy atom. The molecule has 246 valence electrons. The number of morpholine rings is 1. The molecule has 46 heavy (non-hydrogen) atoms. The maximum atomic E-state index is 13.3. The molecule has 1 saturated heterocycles. The van der Waals surface area contributed by atoms with Crippen molar-refractivity contribution in [1.82, 2.24) is 19.8 Å². The van der Waals surface area contributed by atoms with Gasteiger partial charge in [0.1, 0.15) is 23.7 Å². The number of allylic oxidation sites excluding steroid dienone is 4. The number of hydrogen-bond acceptors (Lipinski definition) is 9. The zero-order chi connectivity index (χ0) is 33.1. The number of carbonyl (C=O) groups excluding carboxylic acids is 4. The molecule has 4 rings (SSSR count). The molecule has 1 aliphatic carbocycles. The van der Waals surface area contributed by atoms with Gasteiger partial charge in [0.05, 0.1) is 25.1 Å². The Kier molecular flexibility index (Phi) is 12.0. The second-order valence-electron chi connectivity index (χ2n) is 12.2. The Hall–Kier alpha value is -4.58. The molecule has 0 saturated carbocycles. The number of nitrogens with one attached hydrogen (secondary N) is 2. The Morgan fingerprint density at radius 2 is 1.63 bits per heavy atom. The number of ether oxygens (including phenoxy) is 2. The van der Waals surface area contributed by atoms with Crippen LogP contribution in [0, 0.1) is 0 Å². The van der Waals surface area contributed by atoms with Crippen LogP contribution in [0.3, 0.4) is 0 Å². The number of amides is 2. The largest absolute Gasteiger partial charge is 0.444 e. The number of rotatable bonds is 13. The van der Waals surface area contributed by atoms with Gasteiger partial charge >= 0.3 is 6.09 Å². The van der Waals surface area contributed by atoms with Gasteiger partial charge in [-0.3, -0.25) is 29.1 Å². The highest BCUT2D eigenvalue weighted by atomic mass is 16.6. The average Bonchev–Trinajstić information content (AvgIpc) is 3.02. The van der Waals surface area contributed by atoms with Crippen LogP contribution in [0.15, 0.2) is 64.7 Å². The zero-order valence-electron chi connectivity index (χ0n) is 26.8. The minimum absolute atomic E-state index is 0.0923. The van der Waals surface area contributed by atoms with Crippen LogP contribution in [-0.4, -0.2) is 76.5 Å². The van der Waals surface area contributed by atoms with E-state index in [2.05, 4.69) is 15.6 Å². The van der Waals surface area contributed by atoms with Crippen molar-refractivity contribution in [3.8, 4) is 11.4 Å². The Morgan fingerprint density at radius 3 is 2.35 bits per heavy atom. The number of unbranched alkanes of at least 4 members (excludes halogenated alkanes) is 4. The summed E-state index contributed by atoms with van der Waals surface area (Å²) in [5.41, 5.74) is 0.250. The van der Waals surface area contributed by atoms with Gasteiger partial charge in [-0.05, 0) is 46.1 Å². The molecule has 2 aliphatic rings. The van der Waals surface area contributed by atoms with E-state index in [4.69, 9.17) is 9.47 Å². The fourth-order valence-electron chi connectivity index (χ4n) is 5.20. The number of carbonyl (C=O) groups is 4. The minimum Gasteiger partial charge on any atom is -0.444 e. The molecule has 0 bridgehead atoms. The van der Waals surface area contributed by atoms with Gasteiger partial charge in [0, 0.05) is 30.8 Å². The molecule has 12 nitrogen and oxygen atoms in total. The molecule has 1 aromatic heterocycles. The molecule has 12 heteroatoms. The first-order chi connectivity index (χ1) is 22.0. The summed E-state index contributed by atoms with van der Waals surface area (Å²) in [6.07, 6.45) is 8.79. The highest BCUT2D eigenvalue weighted by molar-refractivity contribution is 6.49. The molecule has 0 atom stereocenters. The molecule has 2 heterocycles. The lowest BCUT2D eigenvalue weighted by molar-refractivity contribution is -0.133. The molecular weight excluding hydrogens is 590 g/mol. The van der Waals surface area contributed by atoms with Crippen molar-refractivity contribution in [2.75, 3.05) is 38.2 Å². The van der Waals surface area contributed by atoms with E-state index < -0.39 is 28.8 Å². The normalized spacial score (nSPS) is 15.2. The zero-order valence-corrected chi connectivity index (χ0v) is 26.8. The van der Waals surface area contributed by atoms with Crippen LogP contribution < -0.4 is 16.2 Å². The SMILES string of the molecule is CC(C)(C)OC(=O)Nc1cnc(-c2ccccc2)n(CC(=O)NCCCCCCCC2=CC=C(N3CCOCC3)C(=O)C2=O)c1=O. The summed E-state index contributed by atoms with van der Waals surface area (Å²) in [5.74, 6) is -0.901. The standard InChI is InChI=1S/C34H43N5O7/c1-34(2,3)46-33(44)37-26-22-36-31(25-13-9-7-10-14-25)39(32(26)43)23-28(40)35-17-11-6-4-5-8-12-24-15-16-27(30(42)29(24)41)38-18-20-45-21-19-38/h7,9-10,13-16,22H,4-6,8,11-12,17-21,23H2,1-3H3,(H,35,40)(H,37,44). The monoisotopic (exact) mass is 633 g/mol. The molecule has 0 unspecified atom stereocenters. The van der Waals surface area contributed by atoms with E-state index in [1.807, 2.05) is 23.1 Å². The molecular formula is C34H43N5O7. The van der Waals surface area contributed by atoms with Gasteiger partial charge < -0.3 is 19.7 Å². The Bertz CT molecular complexity index is 1530. The summed E-state index contributed by atoms with van der Waals surface area (Å²) in [6, 6.07) is 9.03. The van der Waals surface area contributed by atoms with Gasteiger partial charge in [0.2, 0.25) is 17.5 Å². The third-order valence-corrected chi connectivity index (χ3v) is 7.49. The molecule has 2 amide bonds. The summed E-state index contributed by atoms with van der Waals surface area (Å²) in [7, 11) is 0. The predicted octanol–water partition coefficient (Wildman–Crippen LogP) is 4.01. The summed E-state index contributed by atoms with van der Waals surface area (Å²) < 4.78 is 11.8. The number of hydrogen-bond donors (Lipinski definition) is 2. The smallest absolute Gasteiger partial charge is 0.412 e. The topological polar surface area (TPSA) is 149 Å². The number of ketones is 2. The number of benzene rings is 1. The fraction of sp³-hybridized carbons (Fsp3) is 0.471. The van der Waals surface area contributed by atoms with Crippen molar-refractivity contribution in [2.45, 2.75) is 71.4 Å². The predicted molar refractivity (Wildman–Crippen MR) is 173 cm³/mol. The Balaban J connectivity index is 1.23. The lowest BCUT2D eigenvalue weighted by Gasteiger charge is -2.30. The summed E-state index contributed by atoms with van der Waals surface area (Å²) in [4.78, 5) is 70.0. The van der Waals surface area contributed by atoms with E-state index in [0.717, 1.165) is 32.1 Å². The van der Waals surface area contributed by atoms with Crippen molar-refractivity contribution in [3.05, 3.63) is 70.3 Å². The van der Waals surface area contributed by atoms with E-state index in [9.17, 15) is 24.0 Å². The number of anilines is 1. The summed E-state index contributed by atoms with van der Waals surface area (Å²) in [6.45, 7) is 7.63. The summed E-state index contributed by atoms with van der Waals surface area (Å²) >= 11 is 0. The highest BCUT2D eigenvalue weighted by Gasteiger charge is 2.29. The van der Waals surface area contributed by atoms with Crippen LogP contribution in [0.25, 0.3) is 11.4 Å². The lowest BCUT2D eigenvalue weighted by atomic mass is 9.94. The molecule has 1 fully saturated rings. The van der Waals surface area contributed by atoms with Crippen molar-refractivity contribution in [1.29, 1.82) is 0 Å². The number of Topliss-reactive ketones (excluding diaryl/α,β-unsaturated/α-hetero) is 2. The third kappa shape index (κ3) is 9.71. The quantitative estimate of drug-likeness (QED) is 0.190.